The van der Waals surface area contributed by atoms with Gasteiger partial charge in [-0.1, -0.05) is 0 Å². The van der Waals surface area contributed by atoms with Gasteiger partial charge >= 0.3 is 48.7 Å². The fourth-order valence-corrected chi connectivity index (χ4v) is 3.14. The summed E-state index contributed by atoms with van der Waals surface area (Å²) in [5, 5.41) is 0. The van der Waals surface area contributed by atoms with Gasteiger partial charge in [-0.15, -0.1) is 0 Å². The van der Waals surface area contributed by atoms with E-state index in [0.717, 1.165) is 0 Å². The molecule has 0 spiro atoms. The van der Waals surface area contributed by atoms with Crippen molar-refractivity contribution < 1.29 is 21.2 Å². The van der Waals surface area contributed by atoms with Crippen molar-refractivity contribution in [1.82, 2.24) is 4.90 Å². The quantitative estimate of drug-likeness (QED) is 0.227. The van der Waals surface area contributed by atoms with E-state index in [1.165, 1.54) is 15.5 Å². The number of halogens is 1. The molecule has 1 aliphatic heterocycles. The van der Waals surface area contributed by atoms with Crippen molar-refractivity contribution in [3.63, 3.8) is 0 Å². The minimum absolute atomic E-state index is 0.628. The third-order valence-electron chi connectivity index (χ3n) is 0.888. The Morgan fingerprint density at radius 2 is 2.50 bits per heavy atom. The summed E-state index contributed by atoms with van der Waals surface area (Å²) in [4.78, 5) is 2.41. The van der Waals surface area contributed by atoms with E-state index < -0.39 is 0 Å². The van der Waals surface area contributed by atoms with Crippen molar-refractivity contribution in [2.75, 3.05) is 22.6 Å². The Kier molecular flexibility index (Phi) is 1.71. The van der Waals surface area contributed by atoms with Crippen LogP contribution in [0.25, 0.3) is 0 Å². The third-order valence-corrected chi connectivity index (χ3v) is 3.78. The molecule has 0 N–H and O–H groups in total. The van der Waals surface area contributed by atoms with Crippen molar-refractivity contribution in [2.45, 2.75) is 0 Å². The van der Waals surface area contributed by atoms with Gasteiger partial charge in [0, 0.05) is 0 Å². The number of rotatable bonds is 0. The van der Waals surface area contributed by atoms with Gasteiger partial charge in [-0.05, 0) is 0 Å². The second-order valence-electron chi connectivity index (χ2n) is 1.58. The summed E-state index contributed by atoms with van der Waals surface area (Å²) < 4.78 is 2.95. The Morgan fingerprint density at radius 3 is 2.67 bits per heavy atom. The molecule has 1 fully saturated rings. The van der Waals surface area contributed by atoms with E-state index in [9.17, 15) is 0 Å². The van der Waals surface area contributed by atoms with Crippen molar-refractivity contribution in [3.05, 3.63) is 0 Å². The summed E-state index contributed by atoms with van der Waals surface area (Å²) in [5.74, 6) is 0. The van der Waals surface area contributed by atoms with Crippen LogP contribution in [0.1, 0.15) is 0 Å². The average molecular weight is 198 g/mol. The summed E-state index contributed by atoms with van der Waals surface area (Å²) in [5.41, 5.74) is 0. The first-order valence-electron chi connectivity index (χ1n) is 2.11. The molecule has 0 unspecified atom stereocenters. The molecule has 0 amide bonds. The molecule has 0 aromatic carbocycles. The van der Waals surface area contributed by atoms with Crippen LogP contribution in [-0.4, -0.2) is 27.5 Å². The molecule has 0 atom stereocenters. The standard InChI is InChI=1S/C4H9IN/c1-6-3-2-5-4-6/h2-4H2,1H3/q-1. The molecular weight excluding hydrogens is 189 g/mol. The molecule has 2 heteroatoms. The zero-order valence-electron chi connectivity index (χ0n) is 3.95. The number of alkyl halides is 2. The first-order chi connectivity index (χ1) is 2.89. The summed E-state index contributed by atoms with van der Waals surface area (Å²) in [7, 11) is 2.20. The summed E-state index contributed by atoms with van der Waals surface area (Å²) in [6.07, 6.45) is 0. The van der Waals surface area contributed by atoms with Crippen LogP contribution in [0.5, 0.6) is 0 Å². The van der Waals surface area contributed by atoms with Gasteiger partial charge in [0.1, 0.15) is 0 Å². The average Bonchev–Trinajstić information content (AvgIpc) is 1.86. The molecule has 1 saturated heterocycles. The second-order valence-corrected chi connectivity index (χ2v) is 4.42. The molecule has 0 aromatic rings. The van der Waals surface area contributed by atoms with Crippen molar-refractivity contribution in [2.24, 2.45) is 0 Å². The molecular formula is C4H9IN-. The maximum atomic E-state index is 2.41. The van der Waals surface area contributed by atoms with E-state index in [2.05, 4.69) is 11.9 Å². The first-order valence-corrected chi connectivity index (χ1v) is 5.17. The second kappa shape index (κ2) is 2.12. The normalized spacial score (nSPS) is 26.8. The fourth-order valence-electron chi connectivity index (χ4n) is 0.468. The zero-order chi connectivity index (χ0) is 4.41. The molecule has 0 bridgehead atoms. The molecule has 38 valence electrons. The van der Waals surface area contributed by atoms with Gasteiger partial charge in [-0.25, -0.2) is 0 Å². The van der Waals surface area contributed by atoms with Gasteiger partial charge in [0.05, 0.1) is 0 Å². The van der Waals surface area contributed by atoms with Crippen LogP contribution in [0.4, 0.5) is 0 Å². The molecule has 0 aliphatic carbocycles. The zero-order valence-corrected chi connectivity index (χ0v) is 6.10. The topological polar surface area (TPSA) is 3.24 Å². The summed E-state index contributed by atoms with van der Waals surface area (Å²) >= 11 is 0.628. The van der Waals surface area contributed by atoms with E-state index in [1.54, 1.807) is 0 Å². The molecule has 1 heterocycles. The molecule has 1 nitrogen and oxygen atoms in total. The Hall–Kier alpha value is 0.690. The van der Waals surface area contributed by atoms with Gasteiger partial charge in [-0.3, -0.25) is 0 Å². The monoisotopic (exact) mass is 198 g/mol. The van der Waals surface area contributed by atoms with Crippen LogP contribution in [0.15, 0.2) is 0 Å². The number of hydrogen-bond donors (Lipinski definition) is 0. The van der Waals surface area contributed by atoms with Crippen LogP contribution >= 0.6 is 0 Å². The van der Waals surface area contributed by atoms with E-state index >= 15 is 0 Å². The van der Waals surface area contributed by atoms with Crippen LogP contribution in [0.3, 0.4) is 0 Å². The van der Waals surface area contributed by atoms with Crippen LogP contribution in [0, 0.1) is 0 Å². The molecule has 0 aromatic heterocycles. The van der Waals surface area contributed by atoms with Gasteiger partial charge in [0.25, 0.3) is 0 Å². The van der Waals surface area contributed by atoms with E-state index in [-0.39, 0.29) is 0 Å². The van der Waals surface area contributed by atoms with Crippen molar-refractivity contribution in [1.29, 1.82) is 0 Å². The van der Waals surface area contributed by atoms with Gasteiger partial charge in [-0.2, -0.15) is 0 Å². The van der Waals surface area contributed by atoms with Gasteiger partial charge < -0.3 is 0 Å². The molecule has 1 rings (SSSR count). The summed E-state index contributed by atoms with van der Waals surface area (Å²) in [6, 6.07) is 0. The Labute approximate surface area is 49.0 Å². The Bertz CT molecular complexity index is 40.8. The number of nitrogens with zero attached hydrogens (tertiary/aromatic N) is 1. The first kappa shape index (κ1) is 4.84. The van der Waals surface area contributed by atoms with E-state index in [1.807, 2.05) is 0 Å². The Balaban J connectivity index is 2.18. The Morgan fingerprint density at radius 1 is 1.67 bits per heavy atom. The molecule has 0 saturated carbocycles. The van der Waals surface area contributed by atoms with E-state index in [0.29, 0.717) is 21.2 Å². The number of hydrogen-bond acceptors (Lipinski definition) is 1. The summed E-state index contributed by atoms with van der Waals surface area (Å²) in [6.45, 7) is 1.37. The molecule has 0 radical (unpaired) electrons. The molecule has 1 aliphatic rings. The van der Waals surface area contributed by atoms with Gasteiger partial charge in [0.2, 0.25) is 0 Å². The predicted octanol–water partition coefficient (Wildman–Crippen LogP) is -3.02. The van der Waals surface area contributed by atoms with Gasteiger partial charge in [0.15, 0.2) is 0 Å². The van der Waals surface area contributed by atoms with E-state index in [4.69, 9.17) is 0 Å². The van der Waals surface area contributed by atoms with Crippen molar-refractivity contribution >= 4 is 0 Å². The molecule has 6 heavy (non-hydrogen) atoms. The SMILES string of the molecule is CN1CC[I-]C1. The van der Waals surface area contributed by atoms with Crippen LogP contribution in [-0.2, 0) is 0 Å². The minimum atomic E-state index is 0.628. The fraction of sp³-hybridized carbons (Fsp3) is 1.00. The van der Waals surface area contributed by atoms with Crippen LogP contribution in [0.2, 0.25) is 0 Å². The predicted molar refractivity (Wildman–Crippen MR) is 22.4 cm³/mol. The third kappa shape index (κ3) is 1.08. The van der Waals surface area contributed by atoms with Crippen LogP contribution < -0.4 is 21.2 Å². The van der Waals surface area contributed by atoms with Crippen molar-refractivity contribution in [3.8, 4) is 0 Å². The maximum absolute atomic E-state index is 2.41.